The molecule has 5 rings (SSSR count). The van der Waals surface area contributed by atoms with Gasteiger partial charge in [0.05, 0.1) is 6.04 Å². The first-order valence-electron chi connectivity index (χ1n) is 8.84. The fourth-order valence-electron chi connectivity index (χ4n) is 4.00. The number of halogens is 1. The smallest absolute Gasteiger partial charge is 0.146 e. The normalized spacial score (nSPS) is 26.6. The molecule has 0 bridgehead atoms. The summed E-state index contributed by atoms with van der Waals surface area (Å²) in [6.07, 6.45) is 11.2. The predicted molar refractivity (Wildman–Crippen MR) is 91.3 cm³/mol. The van der Waals surface area contributed by atoms with Gasteiger partial charge in [0.15, 0.2) is 0 Å². The SMILES string of the molecule is Fc1cccc([C@H]2CCCN2C2=NC3=CCN(C4CC4)N3C=C2)c1. The molecule has 1 atom stereocenters. The van der Waals surface area contributed by atoms with Gasteiger partial charge in [-0.2, -0.15) is 0 Å². The van der Waals surface area contributed by atoms with E-state index in [1.165, 1.54) is 18.9 Å². The van der Waals surface area contributed by atoms with Crippen LogP contribution in [0.25, 0.3) is 0 Å². The molecular formula is C19H21FN4. The van der Waals surface area contributed by atoms with Crippen LogP contribution in [0.5, 0.6) is 0 Å². The van der Waals surface area contributed by atoms with Gasteiger partial charge in [-0.3, -0.25) is 5.01 Å². The van der Waals surface area contributed by atoms with E-state index in [9.17, 15) is 4.39 Å². The molecule has 3 heterocycles. The van der Waals surface area contributed by atoms with Crippen LogP contribution in [0.2, 0.25) is 0 Å². The molecule has 5 heteroatoms. The maximum absolute atomic E-state index is 13.6. The summed E-state index contributed by atoms with van der Waals surface area (Å²) in [4.78, 5) is 7.21. The highest BCUT2D eigenvalue weighted by Crippen LogP contribution is 2.37. The van der Waals surface area contributed by atoms with Crippen LogP contribution in [0.3, 0.4) is 0 Å². The third-order valence-electron chi connectivity index (χ3n) is 5.32. The van der Waals surface area contributed by atoms with Crippen molar-refractivity contribution in [2.24, 2.45) is 4.99 Å². The van der Waals surface area contributed by atoms with Crippen molar-refractivity contribution in [2.75, 3.05) is 13.1 Å². The molecule has 1 aliphatic carbocycles. The molecule has 2 fully saturated rings. The average molecular weight is 324 g/mol. The zero-order chi connectivity index (χ0) is 16.1. The standard InChI is InChI=1S/C19H21FN4/c20-15-4-1-3-14(13-15)17-5-2-10-22(17)18-8-12-24-19(21-18)9-11-23(24)16-6-7-16/h1,3-4,8-9,12-13,16-17H,2,5-7,10-11H2/t17-/m1/s1. The topological polar surface area (TPSA) is 22.1 Å². The van der Waals surface area contributed by atoms with Crippen molar-refractivity contribution in [3.63, 3.8) is 0 Å². The summed E-state index contributed by atoms with van der Waals surface area (Å²) in [5.74, 6) is 1.87. The molecule has 124 valence electrons. The molecule has 3 aliphatic heterocycles. The lowest BCUT2D eigenvalue weighted by Gasteiger charge is -2.33. The second-order valence-corrected chi connectivity index (χ2v) is 6.95. The summed E-state index contributed by atoms with van der Waals surface area (Å²) in [5, 5.41) is 4.58. The number of hydrogen-bond acceptors (Lipinski definition) is 4. The Hall–Kier alpha value is -2.14. The summed E-state index contributed by atoms with van der Waals surface area (Å²) in [6.45, 7) is 1.93. The van der Waals surface area contributed by atoms with E-state index in [0.717, 1.165) is 43.2 Å². The second kappa shape index (κ2) is 5.45. The number of amidine groups is 1. The molecular weight excluding hydrogens is 303 g/mol. The van der Waals surface area contributed by atoms with E-state index in [1.807, 2.05) is 6.07 Å². The molecule has 1 saturated heterocycles. The highest BCUT2D eigenvalue weighted by molar-refractivity contribution is 5.95. The molecule has 1 aromatic rings. The molecule has 0 N–H and O–H groups in total. The Labute approximate surface area is 141 Å². The first kappa shape index (κ1) is 14.2. The Kier molecular flexibility index (Phi) is 3.23. The van der Waals surface area contributed by atoms with Crippen LogP contribution in [-0.2, 0) is 0 Å². The summed E-state index contributed by atoms with van der Waals surface area (Å²) in [6, 6.07) is 7.90. The van der Waals surface area contributed by atoms with Gasteiger partial charge in [-0.15, -0.1) is 0 Å². The third kappa shape index (κ3) is 2.35. The Morgan fingerprint density at radius 3 is 2.92 bits per heavy atom. The van der Waals surface area contributed by atoms with E-state index in [2.05, 4.69) is 33.3 Å². The Bertz CT molecular complexity index is 749. The van der Waals surface area contributed by atoms with E-state index in [4.69, 9.17) is 4.99 Å². The zero-order valence-electron chi connectivity index (χ0n) is 13.6. The van der Waals surface area contributed by atoms with Gasteiger partial charge in [0, 0.05) is 25.3 Å². The van der Waals surface area contributed by atoms with Gasteiger partial charge in [-0.25, -0.2) is 14.4 Å². The van der Waals surface area contributed by atoms with Crippen LogP contribution >= 0.6 is 0 Å². The molecule has 0 spiro atoms. The molecule has 4 nitrogen and oxygen atoms in total. The lowest BCUT2D eigenvalue weighted by atomic mass is 10.0. The minimum Gasteiger partial charge on any atom is -0.349 e. The van der Waals surface area contributed by atoms with Crippen LogP contribution in [0.15, 0.2) is 53.4 Å². The van der Waals surface area contributed by atoms with Crippen LogP contribution in [0.1, 0.15) is 37.3 Å². The molecule has 1 aromatic carbocycles. The van der Waals surface area contributed by atoms with Gasteiger partial charge in [0.2, 0.25) is 0 Å². The number of aliphatic imine (C=N–C) groups is 1. The summed E-state index contributed by atoms with van der Waals surface area (Å²) >= 11 is 0. The largest absolute Gasteiger partial charge is 0.349 e. The van der Waals surface area contributed by atoms with Crippen molar-refractivity contribution in [1.82, 2.24) is 14.9 Å². The van der Waals surface area contributed by atoms with E-state index in [1.54, 1.807) is 12.1 Å². The van der Waals surface area contributed by atoms with Crippen LogP contribution in [-0.4, -0.2) is 39.9 Å². The number of rotatable bonds is 2. The highest BCUT2D eigenvalue weighted by atomic mass is 19.1. The molecule has 0 unspecified atom stereocenters. The summed E-state index contributed by atoms with van der Waals surface area (Å²) in [7, 11) is 0. The fraction of sp³-hybridized carbons (Fsp3) is 0.421. The first-order chi connectivity index (χ1) is 11.8. The van der Waals surface area contributed by atoms with Crippen molar-refractivity contribution in [3.8, 4) is 0 Å². The quantitative estimate of drug-likeness (QED) is 0.832. The van der Waals surface area contributed by atoms with Gasteiger partial charge in [0.25, 0.3) is 0 Å². The van der Waals surface area contributed by atoms with Gasteiger partial charge < -0.3 is 4.90 Å². The van der Waals surface area contributed by atoms with Crippen molar-refractivity contribution in [3.05, 3.63) is 59.8 Å². The van der Waals surface area contributed by atoms with E-state index in [0.29, 0.717) is 6.04 Å². The second-order valence-electron chi connectivity index (χ2n) is 6.95. The summed E-state index contributed by atoms with van der Waals surface area (Å²) < 4.78 is 13.6. The summed E-state index contributed by atoms with van der Waals surface area (Å²) in [5.41, 5.74) is 1.05. The van der Waals surface area contributed by atoms with Crippen LogP contribution in [0, 0.1) is 5.82 Å². The van der Waals surface area contributed by atoms with Gasteiger partial charge in [-0.05, 0) is 55.5 Å². The number of benzene rings is 1. The van der Waals surface area contributed by atoms with Crippen LogP contribution in [0.4, 0.5) is 4.39 Å². The molecule has 24 heavy (non-hydrogen) atoms. The maximum Gasteiger partial charge on any atom is 0.146 e. The van der Waals surface area contributed by atoms with Gasteiger partial charge in [-0.1, -0.05) is 12.1 Å². The number of hydrogen-bond donors (Lipinski definition) is 0. The zero-order valence-corrected chi connectivity index (χ0v) is 13.6. The maximum atomic E-state index is 13.6. The molecule has 0 amide bonds. The Morgan fingerprint density at radius 2 is 2.08 bits per heavy atom. The molecule has 4 aliphatic rings. The van der Waals surface area contributed by atoms with Crippen molar-refractivity contribution >= 4 is 5.84 Å². The number of fused-ring (bicyclic) bond motifs is 1. The van der Waals surface area contributed by atoms with E-state index >= 15 is 0 Å². The van der Waals surface area contributed by atoms with Gasteiger partial charge >= 0.3 is 0 Å². The molecule has 0 aromatic heterocycles. The average Bonchev–Trinajstić information content (AvgIpc) is 3.17. The van der Waals surface area contributed by atoms with Crippen molar-refractivity contribution in [1.29, 1.82) is 0 Å². The molecule has 0 radical (unpaired) electrons. The van der Waals surface area contributed by atoms with Crippen molar-refractivity contribution < 1.29 is 4.39 Å². The monoisotopic (exact) mass is 324 g/mol. The van der Waals surface area contributed by atoms with Crippen LogP contribution < -0.4 is 0 Å². The fourth-order valence-corrected chi connectivity index (χ4v) is 4.00. The number of hydrazine groups is 1. The lowest BCUT2D eigenvalue weighted by molar-refractivity contribution is 0.0786. The number of likely N-dealkylation sites (tertiary alicyclic amines) is 1. The third-order valence-corrected chi connectivity index (χ3v) is 5.32. The van der Waals surface area contributed by atoms with E-state index in [-0.39, 0.29) is 11.9 Å². The number of nitrogens with zero attached hydrogens (tertiary/aromatic N) is 4. The minimum absolute atomic E-state index is 0.162. The molecule has 1 saturated carbocycles. The first-order valence-corrected chi connectivity index (χ1v) is 8.84. The Balaban J connectivity index is 1.40. The lowest BCUT2D eigenvalue weighted by Crippen LogP contribution is -2.38. The minimum atomic E-state index is -0.162. The van der Waals surface area contributed by atoms with Gasteiger partial charge in [0.1, 0.15) is 17.5 Å². The van der Waals surface area contributed by atoms with Crippen molar-refractivity contribution in [2.45, 2.75) is 37.8 Å². The predicted octanol–water partition coefficient (Wildman–Crippen LogP) is 3.42. The Morgan fingerprint density at radius 1 is 1.17 bits per heavy atom. The highest BCUT2D eigenvalue weighted by Gasteiger charge is 2.37. The van der Waals surface area contributed by atoms with E-state index < -0.39 is 0 Å².